The van der Waals surface area contributed by atoms with E-state index in [2.05, 4.69) is 26.6 Å². The van der Waals surface area contributed by atoms with E-state index in [-0.39, 0.29) is 44.4 Å². The molecule has 0 saturated carbocycles. The summed E-state index contributed by atoms with van der Waals surface area (Å²) in [6.45, 7) is 10.6. The molecule has 0 spiro atoms. The number of hydrogen-bond donors (Lipinski definition) is 6. The number of nitrogens with zero attached hydrogens (tertiary/aromatic N) is 1. The Morgan fingerprint density at radius 3 is 2.05 bits per heavy atom. The van der Waals surface area contributed by atoms with Gasteiger partial charge < -0.3 is 46.1 Å². The van der Waals surface area contributed by atoms with E-state index in [0.717, 1.165) is 22.3 Å². The lowest BCUT2D eigenvalue weighted by molar-refractivity contribution is -0.144. The molecule has 6 amide bonds. The smallest absolute Gasteiger partial charge is 0.407 e. The van der Waals surface area contributed by atoms with Gasteiger partial charge in [0.05, 0.1) is 6.54 Å². The van der Waals surface area contributed by atoms with Crippen LogP contribution in [0.2, 0.25) is 0 Å². The predicted molar refractivity (Wildman–Crippen MR) is 214 cm³/mol. The summed E-state index contributed by atoms with van der Waals surface area (Å²) in [5.41, 5.74) is 3.63. The Hall–Kier alpha value is -5.67. The number of unbranched alkanes of at least 4 members (excludes halogenated alkanes) is 1. The van der Waals surface area contributed by atoms with Gasteiger partial charge in [-0.05, 0) is 94.4 Å². The zero-order chi connectivity index (χ0) is 42.6. The van der Waals surface area contributed by atoms with Crippen molar-refractivity contribution < 1.29 is 48.1 Å². The molecule has 58 heavy (non-hydrogen) atoms. The van der Waals surface area contributed by atoms with Gasteiger partial charge in [-0.25, -0.2) is 14.4 Å². The summed E-state index contributed by atoms with van der Waals surface area (Å²) in [7, 11) is 0. The number of nitrogens with one attached hydrogen (secondary N) is 5. The number of likely N-dealkylation sites (tertiary alicyclic amines) is 1. The van der Waals surface area contributed by atoms with Crippen LogP contribution in [0.4, 0.5) is 9.59 Å². The molecule has 0 radical (unpaired) electrons. The molecule has 2 aromatic carbocycles. The van der Waals surface area contributed by atoms with Crippen LogP contribution in [-0.4, -0.2) is 108 Å². The highest BCUT2D eigenvalue weighted by molar-refractivity contribution is 5.94. The summed E-state index contributed by atoms with van der Waals surface area (Å²) in [6.07, 6.45) is 0.713. The van der Waals surface area contributed by atoms with Crippen LogP contribution in [0, 0.1) is 5.92 Å². The van der Waals surface area contributed by atoms with Crippen LogP contribution >= 0.6 is 0 Å². The van der Waals surface area contributed by atoms with Crippen molar-refractivity contribution in [3.05, 3.63) is 59.7 Å². The molecular formula is C42H58N6O10. The van der Waals surface area contributed by atoms with E-state index < -0.39 is 78.1 Å². The lowest BCUT2D eigenvalue weighted by atomic mass is 9.98. The molecule has 1 saturated heterocycles. The van der Waals surface area contributed by atoms with Crippen molar-refractivity contribution in [2.75, 3.05) is 26.2 Å². The zero-order valence-electron chi connectivity index (χ0n) is 34.2. The average molecular weight is 807 g/mol. The molecule has 4 rings (SSSR count). The fourth-order valence-corrected chi connectivity index (χ4v) is 7.12. The molecule has 1 fully saturated rings. The molecule has 2 aliphatic rings. The van der Waals surface area contributed by atoms with Crippen molar-refractivity contribution in [3.8, 4) is 11.1 Å². The summed E-state index contributed by atoms with van der Waals surface area (Å²) >= 11 is 0. The van der Waals surface area contributed by atoms with E-state index in [9.17, 15) is 38.7 Å². The Kier molecular flexibility index (Phi) is 16.0. The van der Waals surface area contributed by atoms with Gasteiger partial charge in [0.15, 0.2) is 0 Å². The van der Waals surface area contributed by atoms with Crippen LogP contribution < -0.4 is 26.6 Å². The fourth-order valence-electron chi connectivity index (χ4n) is 7.12. The maximum atomic E-state index is 13.3. The first-order chi connectivity index (χ1) is 27.4. The van der Waals surface area contributed by atoms with E-state index >= 15 is 0 Å². The monoisotopic (exact) mass is 806 g/mol. The SMILES string of the molecule is CC(C)C[C@H](NC(=O)OCC1c2ccccc2-c2ccccc21)C(=O)N[C@@H](C)C(=O)NCC(=O)N1CCC[C@H]1C(=O)N[C@@H](CCCCNC(=O)OC(C)(C)C)C(=O)O. The molecule has 0 unspecified atom stereocenters. The van der Waals surface area contributed by atoms with Gasteiger partial charge in [0.1, 0.15) is 36.4 Å². The molecule has 16 heteroatoms. The van der Waals surface area contributed by atoms with Crippen LogP contribution in [0.5, 0.6) is 0 Å². The van der Waals surface area contributed by atoms with Crippen LogP contribution in [0.25, 0.3) is 11.1 Å². The van der Waals surface area contributed by atoms with Crippen LogP contribution in [0.15, 0.2) is 48.5 Å². The van der Waals surface area contributed by atoms with Gasteiger partial charge in [0.25, 0.3) is 0 Å². The van der Waals surface area contributed by atoms with Gasteiger partial charge in [-0.2, -0.15) is 0 Å². The third-order valence-electron chi connectivity index (χ3n) is 9.90. The molecular weight excluding hydrogens is 748 g/mol. The molecule has 1 aliphatic heterocycles. The largest absolute Gasteiger partial charge is 0.480 e. The normalized spacial score (nSPS) is 16.3. The van der Waals surface area contributed by atoms with Crippen molar-refractivity contribution in [2.24, 2.45) is 5.92 Å². The second-order valence-electron chi connectivity index (χ2n) is 16.2. The molecule has 0 aromatic heterocycles. The number of carbonyl (C=O) groups is 7. The van der Waals surface area contributed by atoms with Crippen molar-refractivity contribution >= 4 is 41.8 Å². The van der Waals surface area contributed by atoms with Crippen LogP contribution in [0.1, 0.15) is 97.1 Å². The maximum Gasteiger partial charge on any atom is 0.407 e. The zero-order valence-corrected chi connectivity index (χ0v) is 34.2. The number of fused-ring (bicyclic) bond motifs is 3. The topological polar surface area (TPSA) is 222 Å². The lowest BCUT2D eigenvalue weighted by Gasteiger charge is -2.26. The van der Waals surface area contributed by atoms with Gasteiger partial charge in [-0.15, -0.1) is 0 Å². The Morgan fingerprint density at radius 2 is 1.45 bits per heavy atom. The number of carboxylic acid groups (broad SMARTS) is 1. The average Bonchev–Trinajstić information content (AvgIpc) is 3.78. The quantitative estimate of drug-likeness (QED) is 0.120. The molecule has 16 nitrogen and oxygen atoms in total. The first kappa shape index (κ1) is 45.0. The standard InChI is InChI=1S/C42H58N6O10/c1-25(2)22-33(47-41(56)57-24-31-29-16-9-7-14-27(29)28-15-8-10-17-30(28)31)37(51)45-26(3)36(50)44-23-35(49)48-21-13-19-34(48)38(52)46-32(39(53)54)18-11-12-20-43-40(55)58-42(4,5)6/h7-10,14-17,25-26,31-34H,11-13,18-24H2,1-6H3,(H,43,55)(H,44,50)(H,45,51)(H,46,52)(H,47,56)(H,53,54)/t26-,32-,33-,34-/m0/s1. The number of carbonyl (C=O) groups excluding carboxylic acids is 6. The number of amides is 6. The molecule has 6 N–H and O–H groups in total. The summed E-state index contributed by atoms with van der Waals surface area (Å²) in [5.74, 6) is -3.78. The van der Waals surface area contributed by atoms with E-state index in [1.54, 1.807) is 20.8 Å². The molecule has 1 aliphatic carbocycles. The summed E-state index contributed by atoms with van der Waals surface area (Å²) in [6, 6.07) is 11.7. The van der Waals surface area contributed by atoms with Crippen LogP contribution in [0.3, 0.4) is 0 Å². The first-order valence-electron chi connectivity index (χ1n) is 19.9. The van der Waals surface area contributed by atoms with Crippen molar-refractivity contribution in [1.82, 2.24) is 31.5 Å². The number of ether oxygens (including phenoxy) is 2. The van der Waals surface area contributed by atoms with Gasteiger partial charge >= 0.3 is 18.2 Å². The molecule has 316 valence electrons. The molecule has 4 atom stereocenters. The van der Waals surface area contributed by atoms with E-state index in [1.807, 2.05) is 62.4 Å². The second-order valence-corrected chi connectivity index (χ2v) is 16.2. The highest BCUT2D eigenvalue weighted by atomic mass is 16.6. The fraction of sp³-hybridized carbons (Fsp3) is 0.548. The number of hydrogen-bond acceptors (Lipinski definition) is 9. The molecule has 0 bridgehead atoms. The van der Waals surface area contributed by atoms with Crippen LogP contribution in [-0.2, 0) is 33.4 Å². The third-order valence-corrected chi connectivity index (χ3v) is 9.90. The van der Waals surface area contributed by atoms with E-state index in [4.69, 9.17) is 9.47 Å². The van der Waals surface area contributed by atoms with Gasteiger partial charge in [0.2, 0.25) is 23.6 Å². The number of alkyl carbamates (subject to hydrolysis) is 2. The number of carboxylic acids is 1. The second kappa shape index (κ2) is 20.7. The third kappa shape index (κ3) is 12.9. The maximum absolute atomic E-state index is 13.3. The molecule has 2 aromatic rings. The Bertz CT molecular complexity index is 1760. The summed E-state index contributed by atoms with van der Waals surface area (Å²) < 4.78 is 10.8. The number of benzene rings is 2. The highest BCUT2D eigenvalue weighted by Gasteiger charge is 2.36. The van der Waals surface area contributed by atoms with Gasteiger partial charge in [-0.3, -0.25) is 19.2 Å². The van der Waals surface area contributed by atoms with Gasteiger partial charge in [-0.1, -0.05) is 62.4 Å². The Labute approximate surface area is 339 Å². The van der Waals surface area contributed by atoms with Gasteiger partial charge in [0, 0.05) is 19.0 Å². The number of rotatable bonds is 18. The minimum atomic E-state index is -1.23. The predicted octanol–water partition coefficient (Wildman–Crippen LogP) is 3.82. The lowest BCUT2D eigenvalue weighted by Crippen LogP contribution is -2.55. The minimum Gasteiger partial charge on any atom is -0.480 e. The number of aliphatic carboxylic acids is 1. The van der Waals surface area contributed by atoms with E-state index in [0.29, 0.717) is 25.7 Å². The van der Waals surface area contributed by atoms with Crippen molar-refractivity contribution in [3.63, 3.8) is 0 Å². The Morgan fingerprint density at radius 1 is 0.810 bits per heavy atom. The summed E-state index contributed by atoms with van der Waals surface area (Å²) in [4.78, 5) is 90.8. The minimum absolute atomic E-state index is 0.0101. The van der Waals surface area contributed by atoms with E-state index in [1.165, 1.54) is 11.8 Å². The van der Waals surface area contributed by atoms with Crippen molar-refractivity contribution in [2.45, 2.75) is 116 Å². The summed E-state index contributed by atoms with van der Waals surface area (Å²) in [5, 5.41) is 22.6. The highest BCUT2D eigenvalue weighted by Crippen LogP contribution is 2.44. The Balaban J connectivity index is 1.22. The first-order valence-corrected chi connectivity index (χ1v) is 19.9. The molecule has 1 heterocycles. The van der Waals surface area contributed by atoms with Crippen molar-refractivity contribution in [1.29, 1.82) is 0 Å².